The third-order valence-corrected chi connectivity index (χ3v) is 4.90. The molecule has 0 aliphatic carbocycles. The monoisotopic (exact) mass is 277 g/mol. The van der Waals surface area contributed by atoms with Gasteiger partial charge >= 0.3 is 0 Å². The lowest BCUT2D eigenvalue weighted by atomic mass is 10.1. The first-order valence-corrected chi connectivity index (χ1v) is 7.52. The van der Waals surface area contributed by atoms with Gasteiger partial charge in [-0.2, -0.15) is 10.5 Å². The molecule has 0 saturated heterocycles. The van der Waals surface area contributed by atoms with E-state index in [4.69, 9.17) is 10.5 Å². The van der Waals surface area contributed by atoms with Gasteiger partial charge in [0.15, 0.2) is 9.84 Å². The topological polar surface area (TPSA) is 93.8 Å². The highest BCUT2D eigenvalue weighted by Gasteiger charge is 2.15. The summed E-state index contributed by atoms with van der Waals surface area (Å²) in [6.07, 6.45) is 0. The molecule has 0 spiro atoms. The van der Waals surface area contributed by atoms with Crippen molar-refractivity contribution in [2.45, 2.75) is 19.1 Å². The molecule has 0 aliphatic rings. The summed E-state index contributed by atoms with van der Waals surface area (Å²) in [6, 6.07) is 8.59. The molecule has 0 bridgehead atoms. The van der Waals surface area contributed by atoms with Crippen LogP contribution in [-0.2, 0) is 9.84 Å². The van der Waals surface area contributed by atoms with E-state index < -0.39 is 15.1 Å². The third kappa shape index (κ3) is 3.97. The molecule has 0 saturated carbocycles. The molecule has 0 aliphatic heterocycles. The Labute approximate surface area is 113 Å². The zero-order valence-electron chi connectivity index (χ0n) is 10.8. The van der Waals surface area contributed by atoms with Crippen LogP contribution in [-0.4, -0.2) is 26.0 Å². The van der Waals surface area contributed by atoms with Crippen LogP contribution < -0.4 is 5.32 Å². The van der Waals surface area contributed by atoms with Gasteiger partial charge in [0, 0.05) is 12.2 Å². The summed E-state index contributed by atoms with van der Waals surface area (Å²) in [5.41, 5.74) is 1.22. The van der Waals surface area contributed by atoms with E-state index in [1.165, 1.54) is 6.07 Å². The molecule has 5 nitrogen and oxygen atoms in total. The lowest BCUT2D eigenvalue weighted by Gasteiger charge is -2.10. The van der Waals surface area contributed by atoms with Crippen molar-refractivity contribution in [3.63, 3.8) is 0 Å². The van der Waals surface area contributed by atoms with Crippen LogP contribution in [0.4, 0.5) is 5.69 Å². The number of nitrogens with zero attached hydrogens (tertiary/aromatic N) is 2. The Bertz CT molecular complexity index is 637. The Morgan fingerprint density at radius 3 is 2.37 bits per heavy atom. The first-order valence-electron chi connectivity index (χ1n) is 5.80. The fourth-order valence-electron chi connectivity index (χ4n) is 1.42. The molecule has 0 radical (unpaired) electrons. The summed E-state index contributed by atoms with van der Waals surface area (Å²) in [5.74, 6) is 0.0343. The normalized spacial score (nSPS) is 10.8. The SMILES string of the molecule is CC(C)S(=O)(=O)CCNc1ccc(C#N)c(C#N)c1. The van der Waals surface area contributed by atoms with Crippen LogP contribution in [0.3, 0.4) is 0 Å². The van der Waals surface area contributed by atoms with E-state index in [9.17, 15) is 8.42 Å². The van der Waals surface area contributed by atoms with E-state index in [0.29, 0.717) is 11.3 Å². The summed E-state index contributed by atoms with van der Waals surface area (Å²) in [4.78, 5) is 0. The number of anilines is 1. The molecule has 6 heteroatoms. The fourth-order valence-corrected chi connectivity index (χ4v) is 2.28. The van der Waals surface area contributed by atoms with Gasteiger partial charge in [0.2, 0.25) is 0 Å². The molecule has 100 valence electrons. The summed E-state index contributed by atoms with van der Waals surface area (Å²) in [7, 11) is -3.08. The molecule has 1 rings (SSSR count). The van der Waals surface area contributed by atoms with E-state index >= 15 is 0 Å². The van der Waals surface area contributed by atoms with Crippen molar-refractivity contribution >= 4 is 15.5 Å². The van der Waals surface area contributed by atoms with E-state index in [-0.39, 0.29) is 17.9 Å². The average Bonchev–Trinajstić information content (AvgIpc) is 2.38. The molecule has 0 unspecified atom stereocenters. The van der Waals surface area contributed by atoms with Gasteiger partial charge in [-0.1, -0.05) is 0 Å². The third-order valence-electron chi connectivity index (χ3n) is 2.69. The standard InChI is InChI=1S/C13H15N3O2S/c1-10(2)19(17,18)6-5-16-13-4-3-11(8-14)12(7-13)9-15/h3-4,7,10,16H,5-6H2,1-2H3. The second kappa shape index (κ2) is 6.21. The molecule has 0 fully saturated rings. The van der Waals surface area contributed by atoms with Gasteiger partial charge in [-0.05, 0) is 32.0 Å². The maximum absolute atomic E-state index is 11.6. The number of hydrogen-bond donors (Lipinski definition) is 1. The fraction of sp³-hybridized carbons (Fsp3) is 0.385. The van der Waals surface area contributed by atoms with Gasteiger partial charge in [0.05, 0.1) is 22.1 Å². The number of benzene rings is 1. The molecular weight excluding hydrogens is 262 g/mol. The second-order valence-corrected chi connectivity index (χ2v) is 7.00. The van der Waals surface area contributed by atoms with Crippen molar-refractivity contribution < 1.29 is 8.42 Å². The first kappa shape index (κ1) is 15.0. The predicted molar refractivity (Wildman–Crippen MR) is 73.3 cm³/mol. The van der Waals surface area contributed by atoms with Crippen LogP contribution in [0.1, 0.15) is 25.0 Å². The minimum absolute atomic E-state index is 0.0343. The molecule has 1 aromatic carbocycles. The van der Waals surface area contributed by atoms with E-state index in [1.807, 2.05) is 12.1 Å². The van der Waals surface area contributed by atoms with Crippen LogP contribution in [0.15, 0.2) is 18.2 Å². The molecule has 0 aromatic heterocycles. The lowest BCUT2D eigenvalue weighted by molar-refractivity contribution is 0.588. The Hall–Kier alpha value is -2.05. The minimum Gasteiger partial charge on any atom is -0.384 e. The predicted octanol–water partition coefficient (Wildman–Crippen LogP) is 1.67. The zero-order valence-corrected chi connectivity index (χ0v) is 11.7. The van der Waals surface area contributed by atoms with Gasteiger partial charge in [-0.25, -0.2) is 8.42 Å². The van der Waals surface area contributed by atoms with Crippen LogP contribution in [0.2, 0.25) is 0 Å². The highest BCUT2D eigenvalue weighted by atomic mass is 32.2. The van der Waals surface area contributed by atoms with Gasteiger partial charge in [0.25, 0.3) is 0 Å². The number of rotatable bonds is 5. The van der Waals surface area contributed by atoms with Crippen molar-refractivity contribution in [3.8, 4) is 12.1 Å². The van der Waals surface area contributed by atoms with Crippen LogP contribution in [0, 0.1) is 22.7 Å². The number of hydrogen-bond acceptors (Lipinski definition) is 5. The summed E-state index contributed by atoms with van der Waals surface area (Å²) in [6.45, 7) is 3.56. The smallest absolute Gasteiger partial charge is 0.154 e. The Morgan fingerprint density at radius 2 is 1.84 bits per heavy atom. The van der Waals surface area contributed by atoms with Crippen LogP contribution in [0.25, 0.3) is 0 Å². The van der Waals surface area contributed by atoms with Crippen molar-refractivity contribution in [2.75, 3.05) is 17.6 Å². The Balaban J connectivity index is 2.71. The molecule has 19 heavy (non-hydrogen) atoms. The van der Waals surface area contributed by atoms with Gasteiger partial charge < -0.3 is 5.32 Å². The highest BCUT2D eigenvalue weighted by Crippen LogP contribution is 2.14. The minimum atomic E-state index is -3.08. The molecule has 0 atom stereocenters. The molecule has 0 amide bonds. The summed E-state index contributed by atoms with van der Waals surface area (Å²) < 4.78 is 23.2. The van der Waals surface area contributed by atoms with Crippen LogP contribution >= 0.6 is 0 Å². The van der Waals surface area contributed by atoms with Crippen molar-refractivity contribution in [1.82, 2.24) is 0 Å². The van der Waals surface area contributed by atoms with Gasteiger partial charge in [-0.15, -0.1) is 0 Å². The second-order valence-electron chi connectivity index (χ2n) is 4.33. The zero-order chi connectivity index (χ0) is 14.5. The lowest BCUT2D eigenvalue weighted by Crippen LogP contribution is -2.22. The maximum atomic E-state index is 11.6. The number of nitrogens with one attached hydrogen (secondary N) is 1. The molecule has 0 heterocycles. The summed E-state index contributed by atoms with van der Waals surface area (Å²) in [5, 5.41) is 20.2. The Kier molecular flexibility index (Phi) is 4.91. The van der Waals surface area contributed by atoms with Gasteiger partial charge in [-0.3, -0.25) is 0 Å². The van der Waals surface area contributed by atoms with Gasteiger partial charge in [0.1, 0.15) is 12.1 Å². The quantitative estimate of drug-likeness (QED) is 0.883. The van der Waals surface area contributed by atoms with Crippen molar-refractivity contribution in [2.24, 2.45) is 0 Å². The van der Waals surface area contributed by atoms with Crippen molar-refractivity contribution in [1.29, 1.82) is 10.5 Å². The Morgan fingerprint density at radius 1 is 1.21 bits per heavy atom. The molecule has 1 aromatic rings. The number of sulfone groups is 1. The van der Waals surface area contributed by atoms with Crippen molar-refractivity contribution in [3.05, 3.63) is 29.3 Å². The van der Waals surface area contributed by atoms with E-state index in [0.717, 1.165) is 0 Å². The van der Waals surface area contributed by atoms with E-state index in [1.54, 1.807) is 26.0 Å². The van der Waals surface area contributed by atoms with Crippen LogP contribution in [0.5, 0.6) is 0 Å². The largest absolute Gasteiger partial charge is 0.384 e. The number of nitriles is 2. The maximum Gasteiger partial charge on any atom is 0.154 e. The molecule has 1 N–H and O–H groups in total. The highest BCUT2D eigenvalue weighted by molar-refractivity contribution is 7.92. The van der Waals surface area contributed by atoms with E-state index in [2.05, 4.69) is 5.32 Å². The average molecular weight is 277 g/mol. The summed E-state index contributed by atoms with van der Waals surface area (Å²) >= 11 is 0. The first-order chi connectivity index (χ1) is 8.90. The molecular formula is C13H15N3O2S.